The Kier molecular flexibility index (Phi) is 3.50. The Labute approximate surface area is 87.9 Å². The normalized spacial score (nSPS) is 10.9. The van der Waals surface area contributed by atoms with Gasteiger partial charge in [-0.2, -0.15) is 0 Å². The molecular weight excluding hydrogens is 192 g/mol. The fourth-order valence-corrected chi connectivity index (χ4v) is 0.905. The van der Waals surface area contributed by atoms with Crippen LogP contribution in [0.1, 0.15) is 5.56 Å². The van der Waals surface area contributed by atoms with Gasteiger partial charge in [0, 0.05) is 0 Å². The lowest BCUT2D eigenvalue weighted by molar-refractivity contribution is 0.994. The maximum absolute atomic E-state index is 5.51. The Morgan fingerprint density at radius 2 is 1.73 bits per heavy atom. The molecule has 0 unspecified atom stereocenters. The number of nitrogens with zero attached hydrogens (tertiary/aromatic N) is 2. The molecule has 0 saturated heterocycles. The molecule has 0 bridgehead atoms. The summed E-state index contributed by atoms with van der Waals surface area (Å²) in [4.78, 5) is 4.04. The predicted octanol–water partition coefficient (Wildman–Crippen LogP) is -0.281. The molecule has 0 aromatic heterocycles. The predicted molar refractivity (Wildman–Crippen MR) is 61.4 cm³/mol. The van der Waals surface area contributed by atoms with Crippen LogP contribution in [0.25, 0.3) is 0 Å². The van der Waals surface area contributed by atoms with E-state index >= 15 is 0 Å². The lowest BCUT2D eigenvalue weighted by Crippen LogP contribution is -2.32. The van der Waals surface area contributed by atoms with Crippen molar-refractivity contribution in [2.24, 2.45) is 27.3 Å². The lowest BCUT2D eigenvalue weighted by Gasteiger charge is -2.00. The topological polar surface area (TPSA) is 115 Å². The van der Waals surface area contributed by atoms with Gasteiger partial charge in [0.2, 0.25) is 11.9 Å². The summed E-state index contributed by atoms with van der Waals surface area (Å²) in [6.07, 6.45) is 0. The van der Waals surface area contributed by atoms with Crippen LogP contribution >= 0.6 is 0 Å². The second-order valence-corrected chi connectivity index (χ2v) is 2.98. The number of hydrazone groups is 1. The van der Waals surface area contributed by atoms with E-state index in [2.05, 4.69) is 15.5 Å². The minimum absolute atomic E-state index is 0.0999. The molecule has 0 spiro atoms. The second kappa shape index (κ2) is 4.85. The van der Waals surface area contributed by atoms with E-state index in [-0.39, 0.29) is 11.9 Å². The molecule has 0 radical (unpaired) electrons. The van der Waals surface area contributed by atoms with Crippen molar-refractivity contribution in [1.82, 2.24) is 5.43 Å². The van der Waals surface area contributed by atoms with Crippen molar-refractivity contribution in [2.45, 2.75) is 6.92 Å². The minimum Gasteiger partial charge on any atom is -0.369 e. The van der Waals surface area contributed by atoms with Gasteiger partial charge in [0.25, 0.3) is 0 Å². The molecule has 6 heteroatoms. The van der Waals surface area contributed by atoms with Crippen LogP contribution in [0.2, 0.25) is 0 Å². The van der Waals surface area contributed by atoms with Gasteiger partial charge in [-0.25, -0.2) is 10.4 Å². The van der Waals surface area contributed by atoms with E-state index in [0.717, 1.165) is 11.3 Å². The van der Waals surface area contributed by atoms with Gasteiger partial charge < -0.3 is 17.2 Å². The number of hydrogen-bond acceptors (Lipinski definition) is 2. The fraction of sp³-hybridized carbons (Fsp3) is 0.111. The SMILES string of the molecule is Cc1ccc(N=C(N)NN=C(N)N)cc1. The van der Waals surface area contributed by atoms with E-state index in [0.29, 0.717) is 0 Å². The monoisotopic (exact) mass is 206 g/mol. The Morgan fingerprint density at radius 3 is 2.27 bits per heavy atom. The van der Waals surface area contributed by atoms with Crippen molar-refractivity contribution in [1.29, 1.82) is 0 Å². The number of nitrogens with one attached hydrogen (secondary N) is 1. The zero-order chi connectivity index (χ0) is 11.3. The maximum Gasteiger partial charge on any atom is 0.214 e. The highest BCUT2D eigenvalue weighted by Gasteiger charge is 1.92. The standard InChI is InChI=1S/C9H14N6/c1-6-2-4-7(5-3-6)13-9(12)15-14-8(10)11/h2-5H,1H3,(H4,10,11,14)(H3,12,13,15). The molecule has 0 fully saturated rings. The summed E-state index contributed by atoms with van der Waals surface area (Å²) >= 11 is 0. The van der Waals surface area contributed by atoms with Crippen LogP contribution in [0.4, 0.5) is 5.69 Å². The molecule has 1 aromatic rings. The van der Waals surface area contributed by atoms with E-state index < -0.39 is 0 Å². The van der Waals surface area contributed by atoms with Gasteiger partial charge in [-0.1, -0.05) is 17.7 Å². The van der Waals surface area contributed by atoms with Gasteiger partial charge in [-0.3, -0.25) is 0 Å². The molecule has 0 aliphatic heterocycles. The molecule has 0 aliphatic rings. The highest BCUT2D eigenvalue weighted by Crippen LogP contribution is 2.11. The zero-order valence-electron chi connectivity index (χ0n) is 8.44. The van der Waals surface area contributed by atoms with Crippen LogP contribution in [0.5, 0.6) is 0 Å². The molecule has 1 aromatic carbocycles. The molecule has 15 heavy (non-hydrogen) atoms. The molecule has 0 heterocycles. The van der Waals surface area contributed by atoms with Crippen molar-refractivity contribution >= 4 is 17.6 Å². The Balaban J connectivity index is 2.70. The number of aryl methyl sites for hydroxylation is 1. The number of guanidine groups is 2. The summed E-state index contributed by atoms with van der Waals surface area (Å²) < 4.78 is 0. The van der Waals surface area contributed by atoms with E-state index in [1.54, 1.807) is 0 Å². The summed E-state index contributed by atoms with van der Waals surface area (Å²) in [6.45, 7) is 1.99. The van der Waals surface area contributed by atoms with Gasteiger partial charge >= 0.3 is 0 Å². The van der Waals surface area contributed by atoms with Gasteiger partial charge in [0.15, 0.2) is 0 Å². The van der Waals surface area contributed by atoms with Crippen LogP contribution in [0.15, 0.2) is 34.4 Å². The first-order chi connectivity index (χ1) is 7.08. The molecular formula is C9H14N6. The van der Waals surface area contributed by atoms with Crippen LogP contribution in [-0.2, 0) is 0 Å². The van der Waals surface area contributed by atoms with Gasteiger partial charge in [0.1, 0.15) is 0 Å². The third-order valence-electron chi connectivity index (χ3n) is 1.58. The first-order valence-electron chi connectivity index (χ1n) is 4.33. The van der Waals surface area contributed by atoms with Crippen LogP contribution < -0.4 is 22.6 Å². The largest absolute Gasteiger partial charge is 0.369 e. The van der Waals surface area contributed by atoms with Crippen molar-refractivity contribution < 1.29 is 0 Å². The third-order valence-corrected chi connectivity index (χ3v) is 1.58. The molecule has 80 valence electrons. The third kappa shape index (κ3) is 3.99. The zero-order valence-corrected chi connectivity index (χ0v) is 8.44. The summed E-state index contributed by atoms with van der Waals surface area (Å²) in [7, 11) is 0. The number of benzene rings is 1. The molecule has 7 N–H and O–H groups in total. The van der Waals surface area contributed by atoms with Crippen molar-refractivity contribution in [3.05, 3.63) is 29.8 Å². The maximum atomic E-state index is 5.51. The van der Waals surface area contributed by atoms with E-state index in [9.17, 15) is 0 Å². The van der Waals surface area contributed by atoms with E-state index in [1.165, 1.54) is 0 Å². The molecule has 0 aliphatic carbocycles. The molecule has 1 rings (SSSR count). The second-order valence-electron chi connectivity index (χ2n) is 2.98. The smallest absolute Gasteiger partial charge is 0.214 e. The van der Waals surface area contributed by atoms with E-state index in [4.69, 9.17) is 17.2 Å². The summed E-state index contributed by atoms with van der Waals surface area (Å²) in [5.41, 5.74) is 20.0. The van der Waals surface area contributed by atoms with Crippen LogP contribution in [-0.4, -0.2) is 11.9 Å². The highest BCUT2D eigenvalue weighted by atomic mass is 15.4. The lowest BCUT2D eigenvalue weighted by atomic mass is 10.2. The van der Waals surface area contributed by atoms with Gasteiger partial charge in [-0.15, -0.1) is 5.10 Å². The quantitative estimate of drug-likeness (QED) is 0.302. The number of nitrogens with two attached hydrogens (primary N) is 3. The number of hydrogen-bond donors (Lipinski definition) is 4. The van der Waals surface area contributed by atoms with Gasteiger partial charge in [0.05, 0.1) is 5.69 Å². The van der Waals surface area contributed by atoms with E-state index in [1.807, 2.05) is 31.2 Å². The Bertz CT molecular complexity index is 374. The molecule has 6 nitrogen and oxygen atoms in total. The number of aliphatic imine (C=N–C) groups is 1. The Hall–Kier alpha value is -2.24. The average molecular weight is 206 g/mol. The average Bonchev–Trinajstić information content (AvgIpc) is 2.19. The fourth-order valence-electron chi connectivity index (χ4n) is 0.905. The highest BCUT2D eigenvalue weighted by molar-refractivity contribution is 5.83. The summed E-state index contributed by atoms with van der Waals surface area (Å²) in [5, 5.41) is 3.50. The molecule has 0 saturated carbocycles. The van der Waals surface area contributed by atoms with Crippen LogP contribution in [0, 0.1) is 6.92 Å². The number of rotatable bonds is 2. The van der Waals surface area contributed by atoms with Crippen molar-refractivity contribution in [3.8, 4) is 0 Å². The molecule has 0 amide bonds. The minimum atomic E-state index is -0.0999. The molecule has 0 atom stereocenters. The Morgan fingerprint density at radius 1 is 1.13 bits per heavy atom. The summed E-state index contributed by atoms with van der Waals surface area (Å²) in [6, 6.07) is 7.57. The van der Waals surface area contributed by atoms with Gasteiger partial charge in [-0.05, 0) is 19.1 Å². The van der Waals surface area contributed by atoms with Crippen molar-refractivity contribution in [2.75, 3.05) is 0 Å². The summed E-state index contributed by atoms with van der Waals surface area (Å²) in [5.74, 6) is 0.0318. The first-order valence-corrected chi connectivity index (χ1v) is 4.33. The van der Waals surface area contributed by atoms with Crippen LogP contribution in [0.3, 0.4) is 0 Å². The first kappa shape index (κ1) is 10.8. The van der Waals surface area contributed by atoms with Crippen molar-refractivity contribution in [3.63, 3.8) is 0 Å².